The van der Waals surface area contributed by atoms with Crippen molar-refractivity contribution in [2.45, 2.75) is 20.3 Å². The van der Waals surface area contributed by atoms with Crippen molar-refractivity contribution in [2.24, 2.45) is 5.73 Å². The first-order valence-electron chi connectivity index (χ1n) is 8.40. The molecule has 2 rings (SSSR count). The van der Waals surface area contributed by atoms with Crippen LogP contribution in [0.2, 0.25) is 0 Å². The van der Waals surface area contributed by atoms with E-state index in [1.807, 2.05) is 32.0 Å². The molecule has 2 aromatic carbocycles. The van der Waals surface area contributed by atoms with Gasteiger partial charge < -0.3 is 20.5 Å². The summed E-state index contributed by atoms with van der Waals surface area (Å²) in [6.45, 7) is 3.65. The summed E-state index contributed by atoms with van der Waals surface area (Å²) < 4.78 is 10.5. The lowest BCUT2D eigenvalue weighted by atomic mass is 10.1. The van der Waals surface area contributed by atoms with Gasteiger partial charge in [-0.05, 0) is 55.3 Å². The predicted octanol–water partition coefficient (Wildman–Crippen LogP) is 2.35. The average molecular weight is 370 g/mol. The lowest BCUT2D eigenvalue weighted by Crippen LogP contribution is -2.21. The Labute approximate surface area is 157 Å². The Hall–Kier alpha value is -3.35. The quantitative estimate of drug-likeness (QED) is 0.694. The first-order valence-corrected chi connectivity index (χ1v) is 8.40. The van der Waals surface area contributed by atoms with Crippen LogP contribution in [0.25, 0.3) is 0 Å². The summed E-state index contributed by atoms with van der Waals surface area (Å²) >= 11 is 0. The van der Waals surface area contributed by atoms with E-state index in [0.29, 0.717) is 11.3 Å². The second-order valence-electron chi connectivity index (χ2n) is 6.02. The van der Waals surface area contributed by atoms with Gasteiger partial charge in [0.15, 0.2) is 6.61 Å². The maximum atomic E-state index is 11.8. The van der Waals surface area contributed by atoms with E-state index in [-0.39, 0.29) is 13.0 Å². The molecule has 0 aliphatic carbocycles. The Morgan fingerprint density at radius 3 is 2.41 bits per heavy atom. The smallest absolute Gasteiger partial charge is 0.309 e. The van der Waals surface area contributed by atoms with Crippen LogP contribution in [0.4, 0.5) is 5.69 Å². The Bertz CT molecular complexity index is 831. The van der Waals surface area contributed by atoms with Gasteiger partial charge in [-0.3, -0.25) is 14.4 Å². The third-order valence-corrected chi connectivity index (χ3v) is 3.72. The minimum absolute atomic E-state index is 0.0357. The number of benzene rings is 2. The van der Waals surface area contributed by atoms with Gasteiger partial charge in [0.05, 0.1) is 13.0 Å². The number of primary amides is 1. The summed E-state index contributed by atoms with van der Waals surface area (Å²) in [6, 6.07) is 11.9. The summed E-state index contributed by atoms with van der Waals surface area (Å²) in [7, 11) is 0. The van der Waals surface area contributed by atoms with Gasteiger partial charge in [0, 0.05) is 11.3 Å². The monoisotopic (exact) mass is 370 g/mol. The van der Waals surface area contributed by atoms with Crippen LogP contribution in [0.3, 0.4) is 0 Å². The number of ether oxygens (including phenoxy) is 2. The van der Waals surface area contributed by atoms with Crippen LogP contribution < -0.4 is 15.8 Å². The molecule has 2 aromatic rings. The van der Waals surface area contributed by atoms with E-state index >= 15 is 0 Å². The van der Waals surface area contributed by atoms with Crippen molar-refractivity contribution in [2.75, 3.05) is 18.5 Å². The van der Waals surface area contributed by atoms with Crippen molar-refractivity contribution < 1.29 is 23.9 Å². The Balaban J connectivity index is 1.70. The van der Waals surface area contributed by atoms with E-state index in [1.165, 1.54) is 24.3 Å². The summed E-state index contributed by atoms with van der Waals surface area (Å²) in [5.74, 6) is -0.838. The summed E-state index contributed by atoms with van der Waals surface area (Å²) in [6.07, 6.45) is 0.0357. The third kappa shape index (κ3) is 6.47. The fourth-order valence-electron chi connectivity index (χ4n) is 2.24. The van der Waals surface area contributed by atoms with Gasteiger partial charge in [0.25, 0.3) is 5.91 Å². The zero-order valence-corrected chi connectivity index (χ0v) is 15.3. The molecule has 0 fully saturated rings. The van der Waals surface area contributed by atoms with Gasteiger partial charge in [-0.15, -0.1) is 0 Å². The molecule has 2 amide bonds. The van der Waals surface area contributed by atoms with Crippen molar-refractivity contribution >= 4 is 23.5 Å². The predicted molar refractivity (Wildman–Crippen MR) is 101 cm³/mol. The maximum absolute atomic E-state index is 11.8. The number of nitrogens with two attached hydrogens (primary N) is 1. The van der Waals surface area contributed by atoms with Crippen LogP contribution in [0, 0.1) is 13.8 Å². The molecular weight excluding hydrogens is 348 g/mol. The number of carbonyl (C=O) groups excluding carboxylic acids is 3. The highest BCUT2D eigenvalue weighted by molar-refractivity contribution is 5.95. The van der Waals surface area contributed by atoms with Gasteiger partial charge in [-0.1, -0.05) is 12.1 Å². The first kappa shape index (κ1) is 20.0. The van der Waals surface area contributed by atoms with Gasteiger partial charge in [0.2, 0.25) is 5.91 Å². The van der Waals surface area contributed by atoms with Crippen LogP contribution in [0.15, 0.2) is 42.5 Å². The lowest BCUT2D eigenvalue weighted by Gasteiger charge is -2.10. The molecule has 0 atom stereocenters. The fraction of sp³-hybridized carbons (Fsp3) is 0.250. The van der Waals surface area contributed by atoms with E-state index in [2.05, 4.69) is 5.32 Å². The average Bonchev–Trinajstić information content (AvgIpc) is 2.63. The van der Waals surface area contributed by atoms with E-state index in [9.17, 15) is 14.4 Å². The number of hydrogen-bond donors (Lipinski definition) is 2. The van der Waals surface area contributed by atoms with Crippen LogP contribution in [0.5, 0.6) is 5.75 Å². The van der Waals surface area contributed by atoms with Gasteiger partial charge in [-0.25, -0.2) is 0 Å². The first-order chi connectivity index (χ1) is 12.8. The summed E-state index contributed by atoms with van der Waals surface area (Å²) in [5.41, 5.74) is 8.00. The highest BCUT2D eigenvalue weighted by atomic mass is 16.5. The molecule has 7 heteroatoms. The largest absolute Gasteiger partial charge is 0.493 e. The van der Waals surface area contributed by atoms with Gasteiger partial charge >= 0.3 is 5.97 Å². The van der Waals surface area contributed by atoms with Crippen molar-refractivity contribution in [1.82, 2.24) is 0 Å². The number of aryl methyl sites for hydroxylation is 2. The standard InChI is InChI=1S/C20H22N2O5/c1-13-3-4-14(2)17(11-13)26-10-9-19(24)27-12-18(23)22-16-7-5-15(6-8-16)20(21)25/h3-8,11H,9-10,12H2,1-2H3,(H2,21,25)(H,22,23). The van der Waals surface area contributed by atoms with E-state index < -0.39 is 24.4 Å². The van der Waals surface area contributed by atoms with Crippen molar-refractivity contribution in [3.63, 3.8) is 0 Å². The highest BCUT2D eigenvalue weighted by Crippen LogP contribution is 2.19. The molecule has 0 saturated carbocycles. The fourth-order valence-corrected chi connectivity index (χ4v) is 2.24. The van der Waals surface area contributed by atoms with Crippen molar-refractivity contribution in [1.29, 1.82) is 0 Å². The molecule has 0 aromatic heterocycles. The minimum Gasteiger partial charge on any atom is -0.493 e. The molecule has 0 heterocycles. The topological polar surface area (TPSA) is 108 Å². The van der Waals surface area contributed by atoms with Gasteiger partial charge in [0.1, 0.15) is 5.75 Å². The zero-order chi connectivity index (χ0) is 19.8. The maximum Gasteiger partial charge on any atom is 0.309 e. The molecule has 3 N–H and O–H groups in total. The molecule has 27 heavy (non-hydrogen) atoms. The van der Waals surface area contributed by atoms with E-state index in [0.717, 1.165) is 16.9 Å². The molecule has 0 saturated heterocycles. The second kappa shape index (κ2) is 9.38. The SMILES string of the molecule is Cc1ccc(C)c(OCCC(=O)OCC(=O)Nc2ccc(C(N)=O)cc2)c1. The number of rotatable bonds is 8. The number of nitrogens with one attached hydrogen (secondary N) is 1. The Morgan fingerprint density at radius 1 is 1.04 bits per heavy atom. The van der Waals surface area contributed by atoms with E-state index in [1.54, 1.807) is 0 Å². The Morgan fingerprint density at radius 2 is 1.74 bits per heavy atom. The number of esters is 1. The molecule has 0 spiro atoms. The van der Waals surface area contributed by atoms with Gasteiger partial charge in [-0.2, -0.15) is 0 Å². The zero-order valence-electron chi connectivity index (χ0n) is 15.3. The Kier molecular flexibility index (Phi) is 6.93. The van der Waals surface area contributed by atoms with Crippen LogP contribution in [-0.4, -0.2) is 31.0 Å². The number of carbonyl (C=O) groups is 3. The summed E-state index contributed by atoms with van der Waals surface area (Å²) in [4.78, 5) is 34.5. The van der Waals surface area contributed by atoms with Crippen LogP contribution >= 0.6 is 0 Å². The molecule has 0 radical (unpaired) electrons. The lowest BCUT2D eigenvalue weighted by molar-refractivity contribution is -0.147. The number of hydrogen-bond acceptors (Lipinski definition) is 5. The van der Waals surface area contributed by atoms with Crippen molar-refractivity contribution in [3.8, 4) is 5.75 Å². The number of anilines is 1. The highest BCUT2D eigenvalue weighted by Gasteiger charge is 2.09. The van der Waals surface area contributed by atoms with Crippen LogP contribution in [-0.2, 0) is 14.3 Å². The number of amides is 2. The molecule has 0 aliphatic rings. The minimum atomic E-state index is -0.551. The second-order valence-corrected chi connectivity index (χ2v) is 6.02. The molecule has 0 bridgehead atoms. The molecule has 0 unspecified atom stereocenters. The molecule has 7 nitrogen and oxygen atoms in total. The van der Waals surface area contributed by atoms with E-state index in [4.69, 9.17) is 15.2 Å². The molecule has 142 valence electrons. The normalized spacial score (nSPS) is 10.1. The third-order valence-electron chi connectivity index (χ3n) is 3.72. The van der Waals surface area contributed by atoms with Crippen LogP contribution in [0.1, 0.15) is 27.9 Å². The molecule has 0 aliphatic heterocycles. The summed E-state index contributed by atoms with van der Waals surface area (Å²) in [5, 5.41) is 2.56. The molecular formula is C20H22N2O5. The van der Waals surface area contributed by atoms with Crippen molar-refractivity contribution in [3.05, 3.63) is 59.2 Å².